The smallest absolute Gasteiger partial charge is 0.238 e. The lowest BCUT2D eigenvalue weighted by Crippen LogP contribution is -2.22. The molecule has 9 heteroatoms. The van der Waals surface area contributed by atoms with E-state index in [1.165, 1.54) is 23.1 Å². The van der Waals surface area contributed by atoms with Gasteiger partial charge in [0.05, 0.1) is 16.5 Å². The Kier molecular flexibility index (Phi) is 6.65. The zero-order chi connectivity index (χ0) is 22.0. The lowest BCUT2D eigenvalue weighted by molar-refractivity contribution is -0.115. The van der Waals surface area contributed by atoms with Crippen LogP contribution in [0.5, 0.6) is 0 Å². The number of nitriles is 1. The van der Waals surface area contributed by atoms with Crippen LogP contribution in [0.1, 0.15) is 47.8 Å². The topological polar surface area (TPSA) is 83.6 Å². The van der Waals surface area contributed by atoms with Crippen LogP contribution in [0.25, 0.3) is 5.69 Å². The maximum Gasteiger partial charge on any atom is 0.238 e. The molecule has 3 aromatic rings. The van der Waals surface area contributed by atoms with E-state index in [2.05, 4.69) is 21.6 Å². The van der Waals surface area contributed by atoms with Gasteiger partial charge in [-0.2, -0.15) is 5.26 Å². The van der Waals surface area contributed by atoms with Crippen LogP contribution < -0.4 is 5.32 Å². The second-order valence-electron chi connectivity index (χ2n) is 7.55. The molecule has 0 bridgehead atoms. The van der Waals surface area contributed by atoms with E-state index in [9.17, 15) is 10.1 Å². The number of benzene rings is 1. The number of thiophene rings is 1. The third-order valence-corrected chi connectivity index (χ3v) is 8.04. The van der Waals surface area contributed by atoms with Gasteiger partial charge in [0.2, 0.25) is 5.91 Å². The fourth-order valence-corrected chi connectivity index (χ4v) is 5.85. The summed E-state index contributed by atoms with van der Waals surface area (Å²) in [5.41, 5.74) is 3.58. The molecule has 160 valence electrons. The minimum atomic E-state index is -0.419. The Hall–Kier alpha value is -2.34. The van der Waals surface area contributed by atoms with E-state index in [0.29, 0.717) is 20.7 Å². The Morgan fingerprint density at radius 2 is 2.16 bits per heavy atom. The van der Waals surface area contributed by atoms with Crippen LogP contribution in [0.2, 0.25) is 5.02 Å². The predicted octanol–water partition coefficient (Wildman–Crippen LogP) is 5.55. The van der Waals surface area contributed by atoms with Gasteiger partial charge in [0, 0.05) is 9.90 Å². The second kappa shape index (κ2) is 9.43. The first kappa shape index (κ1) is 21.9. The number of fused-ring (bicyclic) bond motifs is 1. The fourth-order valence-electron chi connectivity index (χ4n) is 3.59. The van der Waals surface area contributed by atoms with Crippen molar-refractivity contribution in [3.8, 4) is 11.8 Å². The van der Waals surface area contributed by atoms with Crippen molar-refractivity contribution in [3.63, 3.8) is 0 Å². The Morgan fingerprint density at radius 1 is 1.35 bits per heavy atom. The Bertz CT molecular complexity index is 1160. The summed E-state index contributed by atoms with van der Waals surface area (Å²) in [7, 11) is 0. The van der Waals surface area contributed by atoms with Crippen LogP contribution in [-0.4, -0.2) is 25.9 Å². The number of amides is 1. The molecule has 0 fully saturated rings. The van der Waals surface area contributed by atoms with Crippen LogP contribution in [0.4, 0.5) is 5.00 Å². The number of hydrogen-bond donors (Lipinski definition) is 1. The van der Waals surface area contributed by atoms with E-state index >= 15 is 0 Å². The van der Waals surface area contributed by atoms with Gasteiger partial charge in [-0.05, 0) is 62.8 Å². The summed E-state index contributed by atoms with van der Waals surface area (Å²) in [5, 5.41) is 22.4. The Labute approximate surface area is 194 Å². The van der Waals surface area contributed by atoms with Crippen LogP contribution in [0.15, 0.2) is 29.7 Å². The molecule has 31 heavy (non-hydrogen) atoms. The molecule has 1 amide bonds. The average Bonchev–Trinajstić information content (AvgIpc) is 3.26. The molecule has 0 spiro atoms. The second-order valence-corrected chi connectivity index (χ2v) is 10.4. The number of hydrogen-bond acceptors (Lipinski definition) is 6. The summed E-state index contributed by atoms with van der Waals surface area (Å²) in [5.74, 6) is -0.158. The number of nitrogens with one attached hydrogen (secondary N) is 1. The SMILES string of the molecule is Cc1ccc(-n2cnnc2SC(C)C(=O)Nc2sc3c(c2C#N)CCCCC3)cc1Cl. The molecule has 2 aromatic heterocycles. The molecule has 2 heterocycles. The lowest BCUT2D eigenvalue weighted by Gasteiger charge is -2.12. The zero-order valence-electron chi connectivity index (χ0n) is 17.3. The van der Waals surface area contributed by atoms with Crippen molar-refractivity contribution in [2.75, 3.05) is 5.32 Å². The first-order valence-electron chi connectivity index (χ1n) is 10.2. The van der Waals surface area contributed by atoms with Gasteiger partial charge in [0.1, 0.15) is 17.4 Å². The van der Waals surface area contributed by atoms with Gasteiger partial charge < -0.3 is 5.32 Å². The molecule has 1 aliphatic carbocycles. The summed E-state index contributed by atoms with van der Waals surface area (Å²) in [4.78, 5) is 14.2. The van der Waals surface area contributed by atoms with Gasteiger partial charge in [0.25, 0.3) is 0 Å². The summed E-state index contributed by atoms with van der Waals surface area (Å²) in [6.45, 7) is 3.77. The van der Waals surface area contributed by atoms with Crippen LogP contribution >= 0.6 is 34.7 Å². The molecule has 0 radical (unpaired) electrons. The first-order valence-corrected chi connectivity index (χ1v) is 12.2. The van der Waals surface area contributed by atoms with Crippen molar-refractivity contribution in [2.45, 2.75) is 56.4 Å². The summed E-state index contributed by atoms with van der Waals surface area (Å²) >= 11 is 9.12. The summed E-state index contributed by atoms with van der Waals surface area (Å²) < 4.78 is 1.81. The highest BCUT2D eigenvalue weighted by atomic mass is 35.5. The number of aromatic nitrogens is 3. The van der Waals surface area contributed by atoms with E-state index in [-0.39, 0.29) is 5.91 Å². The van der Waals surface area contributed by atoms with Gasteiger partial charge in [-0.15, -0.1) is 21.5 Å². The quantitative estimate of drug-likeness (QED) is 0.389. The van der Waals surface area contributed by atoms with E-state index in [1.54, 1.807) is 17.7 Å². The molecule has 1 aliphatic rings. The number of carbonyl (C=O) groups is 1. The van der Waals surface area contributed by atoms with Gasteiger partial charge in [-0.25, -0.2) is 0 Å². The van der Waals surface area contributed by atoms with Gasteiger partial charge in [-0.3, -0.25) is 9.36 Å². The van der Waals surface area contributed by atoms with Crippen molar-refractivity contribution in [1.82, 2.24) is 14.8 Å². The molecule has 0 saturated heterocycles. The van der Waals surface area contributed by atoms with E-state index in [0.717, 1.165) is 42.5 Å². The minimum Gasteiger partial charge on any atom is -0.316 e. The van der Waals surface area contributed by atoms with Gasteiger partial charge in [0.15, 0.2) is 5.16 Å². The van der Waals surface area contributed by atoms with Crippen molar-refractivity contribution in [2.24, 2.45) is 0 Å². The molecule has 1 N–H and O–H groups in total. The lowest BCUT2D eigenvalue weighted by atomic mass is 10.1. The van der Waals surface area contributed by atoms with Crippen LogP contribution in [0.3, 0.4) is 0 Å². The minimum absolute atomic E-state index is 0.158. The van der Waals surface area contributed by atoms with Crippen molar-refractivity contribution in [3.05, 3.63) is 51.1 Å². The standard InChI is InChI=1S/C22H22ClN5OS2/c1-13-8-9-15(10-18(13)23)28-12-25-27-22(28)30-14(2)20(29)26-21-17(11-24)16-6-4-3-5-7-19(16)31-21/h8-10,12,14H,3-7H2,1-2H3,(H,26,29). The van der Waals surface area contributed by atoms with Gasteiger partial charge in [-0.1, -0.05) is 35.9 Å². The molecule has 6 nitrogen and oxygen atoms in total. The largest absolute Gasteiger partial charge is 0.316 e. The first-order chi connectivity index (χ1) is 15.0. The molecule has 1 atom stereocenters. The number of halogens is 1. The third kappa shape index (κ3) is 4.64. The summed E-state index contributed by atoms with van der Waals surface area (Å²) in [6.07, 6.45) is 6.92. The predicted molar refractivity (Wildman–Crippen MR) is 125 cm³/mol. The maximum absolute atomic E-state index is 12.9. The number of rotatable bonds is 5. The molecule has 0 saturated carbocycles. The Morgan fingerprint density at radius 3 is 2.94 bits per heavy atom. The zero-order valence-corrected chi connectivity index (χ0v) is 19.7. The maximum atomic E-state index is 12.9. The third-order valence-electron chi connectivity index (χ3n) is 5.37. The van der Waals surface area contributed by atoms with Crippen molar-refractivity contribution >= 4 is 45.6 Å². The van der Waals surface area contributed by atoms with E-state index in [1.807, 2.05) is 36.6 Å². The fraction of sp³-hybridized carbons (Fsp3) is 0.364. The van der Waals surface area contributed by atoms with Crippen LogP contribution in [0, 0.1) is 18.3 Å². The molecular weight excluding hydrogens is 450 g/mol. The normalized spacial score (nSPS) is 14.4. The number of carbonyl (C=O) groups excluding carboxylic acids is 1. The van der Waals surface area contributed by atoms with E-state index < -0.39 is 5.25 Å². The van der Waals surface area contributed by atoms with Crippen molar-refractivity contribution in [1.29, 1.82) is 5.26 Å². The molecule has 1 unspecified atom stereocenters. The highest BCUT2D eigenvalue weighted by molar-refractivity contribution is 8.00. The number of aryl methyl sites for hydroxylation is 2. The van der Waals surface area contributed by atoms with Crippen LogP contribution in [-0.2, 0) is 17.6 Å². The van der Waals surface area contributed by atoms with Crippen molar-refractivity contribution < 1.29 is 4.79 Å². The number of nitrogens with zero attached hydrogens (tertiary/aromatic N) is 4. The molecular formula is C22H22ClN5OS2. The Balaban J connectivity index is 1.50. The highest BCUT2D eigenvalue weighted by Crippen LogP contribution is 2.37. The average molecular weight is 472 g/mol. The highest BCUT2D eigenvalue weighted by Gasteiger charge is 2.24. The summed E-state index contributed by atoms with van der Waals surface area (Å²) in [6, 6.07) is 8.04. The van der Waals surface area contributed by atoms with E-state index in [4.69, 9.17) is 11.6 Å². The van der Waals surface area contributed by atoms with Gasteiger partial charge >= 0.3 is 0 Å². The molecule has 4 rings (SSSR count). The molecule has 1 aromatic carbocycles. The monoisotopic (exact) mass is 471 g/mol. The molecule has 0 aliphatic heterocycles. The number of thioether (sulfide) groups is 1. The number of anilines is 1.